The molecule has 0 spiro atoms. The highest BCUT2D eigenvalue weighted by atomic mass is 19.1. The Bertz CT molecular complexity index is 752. The maximum Gasteiger partial charge on any atom is 0.248 e. The normalized spacial score (nSPS) is 15.5. The van der Waals surface area contributed by atoms with E-state index in [0.29, 0.717) is 29.7 Å². The van der Waals surface area contributed by atoms with Crippen LogP contribution in [0, 0.1) is 5.82 Å². The zero-order chi connectivity index (χ0) is 16.4. The van der Waals surface area contributed by atoms with E-state index in [9.17, 15) is 14.0 Å². The fraction of sp³-hybridized carbons (Fsp3) is 0.222. The highest BCUT2D eigenvalue weighted by molar-refractivity contribution is 6.00. The van der Waals surface area contributed by atoms with Gasteiger partial charge in [0.25, 0.3) is 0 Å². The van der Waals surface area contributed by atoms with Gasteiger partial charge in [0.1, 0.15) is 5.82 Å². The third-order valence-electron chi connectivity index (χ3n) is 4.45. The Morgan fingerprint density at radius 2 is 1.78 bits per heavy atom. The predicted octanol–water partition coefficient (Wildman–Crippen LogP) is 2.99. The maximum absolute atomic E-state index is 13.5. The Kier molecular flexibility index (Phi) is 3.86. The van der Waals surface area contributed by atoms with Crippen molar-refractivity contribution in [2.75, 3.05) is 5.32 Å². The summed E-state index contributed by atoms with van der Waals surface area (Å²) in [5, 5.41) is 2.86. The van der Waals surface area contributed by atoms with Crippen LogP contribution in [0.3, 0.4) is 0 Å². The number of halogens is 1. The molecule has 1 aliphatic carbocycles. The van der Waals surface area contributed by atoms with Crippen LogP contribution in [0.4, 0.5) is 10.1 Å². The Hall–Kier alpha value is -2.69. The standard InChI is InChI=1S/C18H17FN2O2/c19-14-4-1-3-13(11-14)18(9-2-10-18)17(23)21-15-7-5-12(6-8-15)16(20)22/h1,3-8,11H,2,9-10H2,(H2,20,22)(H,21,23). The van der Waals surface area contributed by atoms with Crippen LogP contribution in [0.1, 0.15) is 35.2 Å². The molecule has 1 aliphatic rings. The van der Waals surface area contributed by atoms with Crippen LogP contribution in [-0.2, 0) is 10.2 Å². The Morgan fingerprint density at radius 1 is 1.09 bits per heavy atom. The van der Waals surface area contributed by atoms with Crippen LogP contribution in [0.5, 0.6) is 0 Å². The zero-order valence-electron chi connectivity index (χ0n) is 12.5. The lowest BCUT2D eigenvalue weighted by molar-refractivity contribution is -0.124. The lowest BCUT2D eigenvalue weighted by atomic mass is 9.63. The highest BCUT2D eigenvalue weighted by Crippen LogP contribution is 2.44. The highest BCUT2D eigenvalue weighted by Gasteiger charge is 2.45. The summed E-state index contributed by atoms with van der Waals surface area (Å²) in [6.07, 6.45) is 2.33. The molecule has 2 aromatic rings. The van der Waals surface area contributed by atoms with Crippen molar-refractivity contribution in [2.24, 2.45) is 5.73 Å². The second-order valence-electron chi connectivity index (χ2n) is 5.84. The van der Waals surface area contributed by atoms with Gasteiger partial charge in [-0.2, -0.15) is 0 Å². The number of nitrogens with two attached hydrogens (primary N) is 1. The summed E-state index contributed by atoms with van der Waals surface area (Å²) in [4.78, 5) is 23.8. The molecule has 0 aromatic heterocycles. The Labute approximate surface area is 133 Å². The third-order valence-corrected chi connectivity index (χ3v) is 4.45. The minimum Gasteiger partial charge on any atom is -0.366 e. The van der Waals surface area contributed by atoms with Crippen molar-refractivity contribution in [3.63, 3.8) is 0 Å². The Balaban J connectivity index is 1.82. The zero-order valence-corrected chi connectivity index (χ0v) is 12.5. The SMILES string of the molecule is NC(=O)c1ccc(NC(=O)C2(c3cccc(F)c3)CCC2)cc1. The first-order valence-corrected chi connectivity index (χ1v) is 7.49. The summed E-state index contributed by atoms with van der Waals surface area (Å²) < 4.78 is 13.5. The lowest BCUT2D eigenvalue weighted by Gasteiger charge is -2.40. The van der Waals surface area contributed by atoms with Crippen LogP contribution >= 0.6 is 0 Å². The average Bonchev–Trinajstić information content (AvgIpc) is 2.46. The van der Waals surface area contributed by atoms with Gasteiger partial charge in [0.15, 0.2) is 0 Å². The van der Waals surface area contributed by atoms with Gasteiger partial charge in [-0.15, -0.1) is 0 Å². The molecule has 3 N–H and O–H groups in total. The van der Waals surface area contributed by atoms with Crippen molar-refractivity contribution in [2.45, 2.75) is 24.7 Å². The van der Waals surface area contributed by atoms with Crippen molar-refractivity contribution in [1.82, 2.24) is 0 Å². The molecule has 2 amide bonds. The van der Waals surface area contributed by atoms with Gasteiger partial charge in [-0.05, 0) is 54.8 Å². The first-order chi connectivity index (χ1) is 11.0. The minimum absolute atomic E-state index is 0.152. The van der Waals surface area contributed by atoms with Gasteiger partial charge in [-0.3, -0.25) is 9.59 Å². The molecule has 0 atom stereocenters. The molecule has 23 heavy (non-hydrogen) atoms. The first-order valence-electron chi connectivity index (χ1n) is 7.49. The van der Waals surface area contributed by atoms with Gasteiger partial charge in [0, 0.05) is 11.3 Å². The number of benzene rings is 2. The topological polar surface area (TPSA) is 72.2 Å². The molecule has 5 heteroatoms. The fourth-order valence-electron chi connectivity index (χ4n) is 2.93. The maximum atomic E-state index is 13.5. The molecular weight excluding hydrogens is 295 g/mol. The van der Waals surface area contributed by atoms with Gasteiger partial charge in [0.05, 0.1) is 5.41 Å². The number of rotatable bonds is 4. The molecule has 3 rings (SSSR count). The van der Waals surface area contributed by atoms with Crippen LogP contribution in [0.25, 0.3) is 0 Å². The molecular formula is C18H17FN2O2. The van der Waals surface area contributed by atoms with Gasteiger partial charge in [0.2, 0.25) is 11.8 Å². The molecule has 0 saturated heterocycles. The molecule has 1 fully saturated rings. The van der Waals surface area contributed by atoms with E-state index >= 15 is 0 Å². The van der Waals surface area contributed by atoms with Crippen molar-refractivity contribution in [1.29, 1.82) is 0 Å². The summed E-state index contributed by atoms with van der Waals surface area (Å²) in [7, 11) is 0. The van der Waals surface area contributed by atoms with E-state index in [0.717, 1.165) is 6.42 Å². The van der Waals surface area contributed by atoms with E-state index in [1.165, 1.54) is 12.1 Å². The summed E-state index contributed by atoms with van der Waals surface area (Å²) in [6, 6.07) is 12.6. The van der Waals surface area contributed by atoms with Gasteiger partial charge >= 0.3 is 0 Å². The monoisotopic (exact) mass is 312 g/mol. The van der Waals surface area contributed by atoms with E-state index in [1.54, 1.807) is 36.4 Å². The van der Waals surface area contributed by atoms with Crippen molar-refractivity contribution in [3.8, 4) is 0 Å². The number of primary amides is 1. The number of carbonyl (C=O) groups is 2. The molecule has 2 aromatic carbocycles. The number of nitrogens with one attached hydrogen (secondary N) is 1. The van der Waals surface area contributed by atoms with E-state index in [4.69, 9.17) is 5.73 Å². The number of anilines is 1. The number of amides is 2. The Morgan fingerprint density at radius 3 is 2.30 bits per heavy atom. The number of hydrogen-bond donors (Lipinski definition) is 2. The average molecular weight is 312 g/mol. The third kappa shape index (κ3) is 2.82. The molecule has 1 saturated carbocycles. The molecule has 0 heterocycles. The van der Waals surface area contributed by atoms with E-state index in [-0.39, 0.29) is 11.7 Å². The molecule has 0 bridgehead atoms. The van der Waals surface area contributed by atoms with Crippen molar-refractivity contribution >= 4 is 17.5 Å². The number of hydrogen-bond acceptors (Lipinski definition) is 2. The van der Waals surface area contributed by atoms with Crippen molar-refractivity contribution in [3.05, 3.63) is 65.5 Å². The molecule has 0 aliphatic heterocycles. The van der Waals surface area contributed by atoms with Crippen LogP contribution in [0.15, 0.2) is 48.5 Å². The fourth-order valence-corrected chi connectivity index (χ4v) is 2.93. The molecule has 118 valence electrons. The van der Waals surface area contributed by atoms with Crippen LogP contribution in [-0.4, -0.2) is 11.8 Å². The largest absolute Gasteiger partial charge is 0.366 e. The van der Waals surface area contributed by atoms with E-state index in [1.807, 2.05) is 0 Å². The van der Waals surface area contributed by atoms with Gasteiger partial charge in [-0.1, -0.05) is 18.6 Å². The first kappa shape index (κ1) is 15.2. The summed E-state index contributed by atoms with van der Waals surface area (Å²) in [5.41, 5.74) is 6.19. The smallest absolute Gasteiger partial charge is 0.248 e. The van der Waals surface area contributed by atoms with Gasteiger partial charge < -0.3 is 11.1 Å². The second kappa shape index (κ2) is 5.83. The summed E-state index contributed by atoms with van der Waals surface area (Å²) in [5.74, 6) is -1.01. The molecule has 0 radical (unpaired) electrons. The van der Waals surface area contributed by atoms with E-state index in [2.05, 4.69) is 5.32 Å². The lowest BCUT2D eigenvalue weighted by Crippen LogP contribution is -2.46. The molecule has 4 nitrogen and oxygen atoms in total. The predicted molar refractivity (Wildman–Crippen MR) is 85.5 cm³/mol. The molecule has 0 unspecified atom stereocenters. The minimum atomic E-state index is -0.676. The van der Waals surface area contributed by atoms with Gasteiger partial charge in [-0.25, -0.2) is 4.39 Å². The van der Waals surface area contributed by atoms with Crippen molar-refractivity contribution < 1.29 is 14.0 Å². The number of carbonyl (C=O) groups excluding carboxylic acids is 2. The van der Waals surface area contributed by atoms with Crippen LogP contribution in [0.2, 0.25) is 0 Å². The second-order valence-corrected chi connectivity index (χ2v) is 5.84. The van der Waals surface area contributed by atoms with E-state index < -0.39 is 11.3 Å². The van der Waals surface area contributed by atoms with Crippen LogP contribution < -0.4 is 11.1 Å². The summed E-state index contributed by atoms with van der Waals surface area (Å²) >= 11 is 0. The summed E-state index contributed by atoms with van der Waals surface area (Å²) in [6.45, 7) is 0. The quantitative estimate of drug-likeness (QED) is 0.911.